The molecule has 3 aromatic rings. The fourth-order valence-electron chi connectivity index (χ4n) is 2.20. The number of aromatic nitrogens is 2. The van der Waals surface area contributed by atoms with Gasteiger partial charge in [-0.1, -0.05) is 27.7 Å². The number of carbonyl (C=O) groups excluding carboxylic acids is 2. The van der Waals surface area contributed by atoms with Crippen molar-refractivity contribution >= 4 is 55.8 Å². The molecule has 0 saturated carbocycles. The van der Waals surface area contributed by atoms with Gasteiger partial charge in [0.05, 0.1) is 10.8 Å². The molecule has 9 heteroatoms. The SMILES string of the molecule is C[C@@H](Sc1nccn1-c1ccc(Br)cc1)C(=O)Nc1sccc1C(N)=O. The molecule has 2 heterocycles. The average Bonchev–Trinajstić information content (AvgIpc) is 3.25. The summed E-state index contributed by atoms with van der Waals surface area (Å²) in [5.74, 6) is -0.780. The van der Waals surface area contributed by atoms with Crippen LogP contribution in [-0.2, 0) is 4.79 Å². The molecule has 0 bridgehead atoms. The largest absolute Gasteiger partial charge is 0.366 e. The second-order valence-electron chi connectivity index (χ2n) is 5.33. The van der Waals surface area contributed by atoms with Gasteiger partial charge in [0, 0.05) is 22.6 Å². The Morgan fingerprint density at radius 2 is 2.04 bits per heavy atom. The molecule has 134 valence electrons. The van der Waals surface area contributed by atoms with Gasteiger partial charge in [-0.2, -0.15) is 0 Å². The first-order valence-corrected chi connectivity index (χ1v) is 10.1. The van der Waals surface area contributed by atoms with E-state index in [2.05, 4.69) is 26.2 Å². The highest BCUT2D eigenvalue weighted by molar-refractivity contribution is 9.10. The second kappa shape index (κ2) is 8.07. The zero-order valence-corrected chi connectivity index (χ0v) is 16.9. The van der Waals surface area contributed by atoms with Gasteiger partial charge in [-0.25, -0.2) is 4.98 Å². The molecule has 0 fully saturated rings. The Morgan fingerprint density at radius 3 is 2.73 bits per heavy atom. The number of rotatable bonds is 6. The van der Waals surface area contributed by atoms with Crippen molar-refractivity contribution in [2.45, 2.75) is 17.3 Å². The van der Waals surface area contributed by atoms with E-state index in [0.29, 0.717) is 15.7 Å². The third-order valence-corrected chi connectivity index (χ3v) is 5.97. The first-order chi connectivity index (χ1) is 12.5. The van der Waals surface area contributed by atoms with E-state index in [1.807, 2.05) is 35.0 Å². The first-order valence-electron chi connectivity index (χ1n) is 7.60. The number of carbonyl (C=O) groups is 2. The number of nitrogens with zero attached hydrogens (tertiary/aromatic N) is 2. The highest BCUT2D eigenvalue weighted by Gasteiger charge is 2.20. The van der Waals surface area contributed by atoms with Crippen LogP contribution in [0, 0.1) is 0 Å². The molecule has 1 aromatic carbocycles. The molecule has 2 amide bonds. The smallest absolute Gasteiger partial charge is 0.251 e. The van der Waals surface area contributed by atoms with Crippen molar-refractivity contribution in [2.75, 3.05) is 5.32 Å². The summed E-state index contributed by atoms with van der Waals surface area (Å²) < 4.78 is 2.91. The Balaban J connectivity index is 1.72. The predicted molar refractivity (Wildman–Crippen MR) is 108 cm³/mol. The normalized spacial score (nSPS) is 11.9. The van der Waals surface area contributed by atoms with Crippen LogP contribution in [0.4, 0.5) is 5.00 Å². The maximum atomic E-state index is 12.5. The van der Waals surface area contributed by atoms with Crippen molar-refractivity contribution in [1.29, 1.82) is 0 Å². The molecular formula is C17H15BrN4O2S2. The van der Waals surface area contributed by atoms with Crippen molar-refractivity contribution < 1.29 is 9.59 Å². The number of hydrogen-bond acceptors (Lipinski definition) is 5. The zero-order valence-electron chi connectivity index (χ0n) is 13.7. The molecule has 1 atom stereocenters. The van der Waals surface area contributed by atoms with Crippen LogP contribution in [0.5, 0.6) is 0 Å². The van der Waals surface area contributed by atoms with Gasteiger partial charge in [-0.05, 0) is 42.6 Å². The van der Waals surface area contributed by atoms with Gasteiger partial charge in [0.15, 0.2) is 5.16 Å². The molecule has 0 aliphatic heterocycles. The van der Waals surface area contributed by atoms with Gasteiger partial charge in [0.1, 0.15) is 5.00 Å². The Labute approximate surface area is 166 Å². The average molecular weight is 451 g/mol. The van der Waals surface area contributed by atoms with E-state index in [4.69, 9.17) is 5.73 Å². The summed E-state index contributed by atoms with van der Waals surface area (Å²) in [5.41, 5.74) is 6.58. The number of imidazole rings is 1. The van der Waals surface area contributed by atoms with E-state index in [9.17, 15) is 9.59 Å². The number of anilines is 1. The van der Waals surface area contributed by atoms with Crippen LogP contribution in [0.15, 0.2) is 57.7 Å². The number of amides is 2. The maximum absolute atomic E-state index is 12.5. The number of thioether (sulfide) groups is 1. The maximum Gasteiger partial charge on any atom is 0.251 e. The van der Waals surface area contributed by atoms with Crippen LogP contribution >= 0.6 is 39.0 Å². The van der Waals surface area contributed by atoms with Gasteiger partial charge in [0.2, 0.25) is 5.91 Å². The minimum Gasteiger partial charge on any atom is -0.366 e. The minimum absolute atomic E-state index is 0.217. The van der Waals surface area contributed by atoms with Crippen LogP contribution in [-0.4, -0.2) is 26.6 Å². The number of nitrogens with two attached hydrogens (primary N) is 1. The number of primary amides is 1. The fraction of sp³-hybridized carbons (Fsp3) is 0.118. The Hall–Kier alpha value is -2.10. The number of thiophene rings is 1. The summed E-state index contributed by atoms with van der Waals surface area (Å²) in [5, 5.41) is 5.24. The molecule has 0 aliphatic carbocycles. The zero-order chi connectivity index (χ0) is 18.7. The van der Waals surface area contributed by atoms with Gasteiger partial charge < -0.3 is 11.1 Å². The predicted octanol–water partition coefficient (Wildman–Crippen LogP) is 3.91. The lowest BCUT2D eigenvalue weighted by molar-refractivity contribution is -0.115. The van der Waals surface area contributed by atoms with Crippen LogP contribution in [0.25, 0.3) is 5.69 Å². The Kier molecular flexibility index (Phi) is 5.80. The van der Waals surface area contributed by atoms with E-state index < -0.39 is 11.2 Å². The number of halogens is 1. The van der Waals surface area contributed by atoms with Crippen LogP contribution in [0.2, 0.25) is 0 Å². The summed E-state index contributed by atoms with van der Waals surface area (Å²) in [6.07, 6.45) is 3.54. The molecule has 0 aliphatic rings. The lowest BCUT2D eigenvalue weighted by atomic mass is 10.3. The molecule has 0 radical (unpaired) electrons. The quantitative estimate of drug-likeness (QED) is 0.556. The number of benzene rings is 1. The highest BCUT2D eigenvalue weighted by atomic mass is 79.9. The third-order valence-electron chi connectivity index (χ3n) is 3.53. The van der Waals surface area contributed by atoms with E-state index in [1.165, 1.54) is 23.1 Å². The van der Waals surface area contributed by atoms with Crippen LogP contribution in [0.3, 0.4) is 0 Å². The molecule has 3 N–H and O–H groups in total. The molecule has 3 rings (SSSR count). The van der Waals surface area contributed by atoms with Gasteiger partial charge >= 0.3 is 0 Å². The van der Waals surface area contributed by atoms with Crippen molar-refractivity contribution in [2.24, 2.45) is 5.73 Å². The second-order valence-corrected chi connectivity index (χ2v) is 8.47. The summed E-state index contributed by atoms with van der Waals surface area (Å²) in [6.45, 7) is 1.79. The van der Waals surface area contributed by atoms with Crippen molar-refractivity contribution in [3.63, 3.8) is 0 Å². The Morgan fingerprint density at radius 1 is 1.31 bits per heavy atom. The van der Waals surface area contributed by atoms with Crippen molar-refractivity contribution in [3.05, 3.63) is 58.1 Å². The van der Waals surface area contributed by atoms with E-state index in [1.54, 1.807) is 24.6 Å². The molecule has 2 aromatic heterocycles. The minimum atomic E-state index is -0.562. The third kappa shape index (κ3) is 4.17. The highest BCUT2D eigenvalue weighted by Crippen LogP contribution is 2.28. The summed E-state index contributed by atoms with van der Waals surface area (Å²) >= 11 is 6.02. The summed E-state index contributed by atoms with van der Waals surface area (Å²) in [6, 6.07) is 9.42. The topological polar surface area (TPSA) is 90.0 Å². The van der Waals surface area contributed by atoms with E-state index in [0.717, 1.165) is 10.2 Å². The number of hydrogen-bond donors (Lipinski definition) is 2. The van der Waals surface area contributed by atoms with E-state index in [-0.39, 0.29) is 5.91 Å². The van der Waals surface area contributed by atoms with Crippen LogP contribution in [0.1, 0.15) is 17.3 Å². The molecule has 0 saturated heterocycles. The van der Waals surface area contributed by atoms with Crippen molar-refractivity contribution in [3.8, 4) is 5.69 Å². The first kappa shape index (κ1) is 18.7. The molecule has 0 spiro atoms. The summed E-state index contributed by atoms with van der Waals surface area (Å²) in [4.78, 5) is 28.2. The monoisotopic (exact) mass is 450 g/mol. The lowest BCUT2D eigenvalue weighted by Crippen LogP contribution is -2.24. The summed E-state index contributed by atoms with van der Waals surface area (Å²) in [7, 11) is 0. The fourth-order valence-corrected chi connectivity index (χ4v) is 4.14. The van der Waals surface area contributed by atoms with Crippen LogP contribution < -0.4 is 11.1 Å². The van der Waals surface area contributed by atoms with Gasteiger partial charge in [-0.3, -0.25) is 14.2 Å². The standard InChI is InChI=1S/C17H15BrN4O2S2/c1-10(15(24)21-16-13(14(19)23)6-9-25-16)26-17-20-7-8-22(17)12-4-2-11(18)3-5-12/h2-10H,1H3,(H2,19,23)(H,21,24)/t10-/m1/s1. The lowest BCUT2D eigenvalue weighted by Gasteiger charge is -2.13. The molecule has 6 nitrogen and oxygen atoms in total. The Bertz CT molecular complexity index is 936. The van der Waals surface area contributed by atoms with Gasteiger partial charge in [-0.15, -0.1) is 11.3 Å². The molecular weight excluding hydrogens is 436 g/mol. The van der Waals surface area contributed by atoms with Crippen molar-refractivity contribution in [1.82, 2.24) is 9.55 Å². The number of nitrogens with one attached hydrogen (secondary N) is 1. The van der Waals surface area contributed by atoms with E-state index >= 15 is 0 Å². The van der Waals surface area contributed by atoms with Gasteiger partial charge in [0.25, 0.3) is 5.91 Å². The molecule has 26 heavy (non-hydrogen) atoms. The molecule has 0 unspecified atom stereocenters.